The number of amides is 4. The highest BCUT2D eigenvalue weighted by Crippen LogP contribution is 2.42. The fourth-order valence-electron chi connectivity index (χ4n) is 11.3. The standard InChI is InChI=1S/C58H69F2N9O7/c1-7-10-24-58(4,25-21-35(13-8-2)31-67(6)47(72)23-27-62-45-15-11-14-41-49(45)56(75)69(55(41)74)46(16-12-28-70)54(73)61-5)34-76-57-65-52-42(53(66-57)68-32-37-18-19-38(33-68)64-37)22-26-63-51(50(52)60)43-30-39(71)29-36-17-20-44(59)40(9-3)48(36)43/h3,11,14-15,17,20,26,28-30,35,37-38,46,62,64,71H,7-8,10,12-13,16,18-19,21-25,27,31-34H2,1-2,4-6H3,(H,61,73). The average Bonchev–Trinajstić information content (AvgIpc) is 3.85. The second-order valence-electron chi connectivity index (χ2n) is 21.0. The number of rotatable bonds is 24. The minimum absolute atomic E-state index is 0.00623. The van der Waals surface area contributed by atoms with E-state index in [9.17, 15) is 29.1 Å². The Hall–Kier alpha value is -7.26. The van der Waals surface area contributed by atoms with Crippen molar-refractivity contribution < 1.29 is 42.6 Å². The SMILES string of the molecule is C#Cc1c(F)ccc2cc(O)cc(C3=C(F)c4nc(OCC(C)(CCCC)CCC(CCC)CN(C)C(=O)CCNc5cccc6c5C(=O)N(C(CCC=O)C(=O)NC)C6=O)nc(N5CC6CCC(C5)N6)c4CC=N3)c12. The van der Waals surface area contributed by atoms with Gasteiger partial charge in [-0.1, -0.05) is 58.1 Å². The molecular formula is C58H69F2N9O7. The Bertz CT molecular complexity index is 2980. The summed E-state index contributed by atoms with van der Waals surface area (Å²) in [5.74, 6) is -0.352. The van der Waals surface area contributed by atoms with Gasteiger partial charge >= 0.3 is 6.01 Å². The van der Waals surface area contributed by atoms with Crippen LogP contribution in [0.3, 0.4) is 0 Å². The number of ether oxygens (including phenoxy) is 1. The maximum absolute atomic E-state index is 17.6. The molecule has 16 nitrogen and oxygen atoms in total. The molecule has 2 saturated heterocycles. The molecule has 4 aromatic rings. The number of nitrogens with one attached hydrogen (secondary N) is 3. The van der Waals surface area contributed by atoms with Crippen molar-refractivity contribution in [2.75, 3.05) is 57.1 Å². The number of imide groups is 1. The second kappa shape index (κ2) is 24.2. The molecule has 0 saturated carbocycles. The first kappa shape index (κ1) is 55.0. The summed E-state index contributed by atoms with van der Waals surface area (Å²) in [6.07, 6.45) is 16.5. The number of phenols is 1. The molecule has 18 heteroatoms. The second-order valence-corrected chi connectivity index (χ2v) is 21.0. The smallest absolute Gasteiger partial charge is 0.319 e. The highest BCUT2D eigenvalue weighted by atomic mass is 19.1. The third-order valence-electron chi connectivity index (χ3n) is 15.4. The van der Waals surface area contributed by atoms with Crippen LogP contribution >= 0.6 is 0 Å². The van der Waals surface area contributed by atoms with Crippen LogP contribution in [0, 0.1) is 29.5 Å². The molecule has 402 valence electrons. The van der Waals surface area contributed by atoms with Crippen LogP contribution < -0.4 is 25.6 Å². The quantitative estimate of drug-likeness (QED) is 0.0298. The fourth-order valence-corrected chi connectivity index (χ4v) is 11.3. The van der Waals surface area contributed by atoms with Crippen molar-refractivity contribution in [3.63, 3.8) is 0 Å². The molecule has 8 rings (SSSR count). The number of aromatic hydroxyl groups is 1. The van der Waals surface area contributed by atoms with E-state index in [0.29, 0.717) is 48.4 Å². The van der Waals surface area contributed by atoms with Crippen molar-refractivity contribution in [2.45, 2.75) is 122 Å². The maximum Gasteiger partial charge on any atom is 0.319 e. The molecule has 4 amide bonds. The first-order chi connectivity index (χ1) is 36.6. The van der Waals surface area contributed by atoms with Crippen LogP contribution in [0.5, 0.6) is 11.8 Å². The van der Waals surface area contributed by atoms with Crippen molar-refractivity contribution in [3.8, 4) is 24.1 Å². The molecule has 4 aliphatic rings. The van der Waals surface area contributed by atoms with Crippen molar-refractivity contribution in [1.29, 1.82) is 0 Å². The van der Waals surface area contributed by atoms with Crippen molar-refractivity contribution in [1.82, 2.24) is 30.4 Å². The molecule has 0 spiro atoms. The minimum atomic E-state index is -1.15. The summed E-state index contributed by atoms with van der Waals surface area (Å²) in [4.78, 5) is 84.0. The maximum atomic E-state index is 17.6. The Morgan fingerprint density at radius 2 is 1.82 bits per heavy atom. The van der Waals surface area contributed by atoms with Crippen LogP contribution in [0.4, 0.5) is 20.3 Å². The molecule has 76 heavy (non-hydrogen) atoms. The number of carbonyl (C=O) groups is 5. The third kappa shape index (κ3) is 11.7. The van der Waals surface area contributed by atoms with Crippen LogP contribution in [-0.4, -0.2) is 126 Å². The van der Waals surface area contributed by atoms with E-state index in [-0.39, 0.29) is 119 Å². The van der Waals surface area contributed by atoms with Crippen LogP contribution in [0.25, 0.3) is 22.3 Å². The molecular weight excluding hydrogens is 973 g/mol. The van der Waals surface area contributed by atoms with Crippen LogP contribution in [0.15, 0.2) is 47.5 Å². The number of hydrogen-bond donors (Lipinski definition) is 4. The summed E-state index contributed by atoms with van der Waals surface area (Å²) < 4.78 is 39.4. The predicted octanol–water partition coefficient (Wildman–Crippen LogP) is 8.24. The summed E-state index contributed by atoms with van der Waals surface area (Å²) in [7, 11) is 3.20. The molecule has 2 fully saturated rings. The van der Waals surface area contributed by atoms with Gasteiger partial charge in [-0.05, 0) is 86.6 Å². The number of phenolic OH excluding ortho intramolecular Hbond substituents is 1. The number of aldehydes is 1. The Kier molecular flexibility index (Phi) is 17.5. The summed E-state index contributed by atoms with van der Waals surface area (Å²) in [6.45, 7) is 8.74. The van der Waals surface area contributed by atoms with Crippen molar-refractivity contribution >= 4 is 69.9 Å². The Labute approximate surface area is 443 Å². The van der Waals surface area contributed by atoms with Crippen molar-refractivity contribution in [3.05, 3.63) is 81.8 Å². The van der Waals surface area contributed by atoms with Gasteiger partial charge < -0.3 is 40.4 Å². The number of unbranched alkanes of at least 4 members (excludes halogenated alkanes) is 1. The van der Waals surface area contributed by atoms with Gasteiger partial charge in [-0.2, -0.15) is 9.97 Å². The van der Waals surface area contributed by atoms with Gasteiger partial charge in [0, 0.05) is 105 Å². The van der Waals surface area contributed by atoms with E-state index in [2.05, 4.69) is 52.5 Å². The lowest BCUT2D eigenvalue weighted by Gasteiger charge is -2.35. The highest BCUT2D eigenvalue weighted by Gasteiger charge is 2.44. The van der Waals surface area contributed by atoms with Crippen LogP contribution in [-0.2, 0) is 20.8 Å². The predicted molar refractivity (Wildman–Crippen MR) is 289 cm³/mol. The van der Waals surface area contributed by atoms with E-state index in [1.807, 2.05) is 0 Å². The normalized spacial score (nSPS) is 18.4. The van der Waals surface area contributed by atoms with Crippen molar-refractivity contribution in [2.24, 2.45) is 16.3 Å². The number of fused-ring (bicyclic) bond motifs is 5. The summed E-state index contributed by atoms with van der Waals surface area (Å²) >= 11 is 0. The van der Waals surface area contributed by atoms with E-state index < -0.39 is 35.4 Å². The molecule has 1 aromatic heterocycles. The lowest BCUT2D eigenvalue weighted by atomic mass is 9.78. The van der Waals surface area contributed by atoms with E-state index >= 15 is 8.78 Å². The largest absolute Gasteiger partial charge is 0.508 e. The van der Waals surface area contributed by atoms with Gasteiger partial charge in [-0.25, -0.2) is 8.78 Å². The number of halogens is 2. The Morgan fingerprint density at radius 1 is 1.04 bits per heavy atom. The average molecular weight is 1040 g/mol. The van der Waals surface area contributed by atoms with Gasteiger partial charge in [0.05, 0.1) is 23.3 Å². The molecule has 5 unspecified atom stereocenters. The molecule has 5 atom stereocenters. The number of nitrogens with zero attached hydrogens (tertiary/aromatic N) is 6. The van der Waals surface area contributed by atoms with Gasteiger partial charge in [0.25, 0.3) is 11.8 Å². The molecule has 4 N–H and O–H groups in total. The topological polar surface area (TPSA) is 199 Å². The zero-order chi connectivity index (χ0) is 54.3. The number of aromatic nitrogens is 2. The first-order valence-electron chi connectivity index (χ1n) is 26.7. The molecule has 2 bridgehead atoms. The van der Waals surface area contributed by atoms with Crippen LogP contribution in [0.1, 0.15) is 141 Å². The first-order valence-corrected chi connectivity index (χ1v) is 26.7. The zero-order valence-corrected chi connectivity index (χ0v) is 44.1. The third-order valence-corrected chi connectivity index (χ3v) is 15.4. The zero-order valence-electron chi connectivity index (χ0n) is 44.1. The summed E-state index contributed by atoms with van der Waals surface area (Å²) in [5, 5.41) is 20.8. The molecule has 0 radical (unpaired) electrons. The summed E-state index contributed by atoms with van der Waals surface area (Å²) in [6, 6.07) is 9.70. The number of hydrogen-bond acceptors (Lipinski definition) is 13. The van der Waals surface area contributed by atoms with Gasteiger partial charge in [0.2, 0.25) is 11.8 Å². The molecule has 5 heterocycles. The number of benzene rings is 3. The molecule has 3 aromatic carbocycles. The number of terminal acetylenes is 1. The van der Waals surface area contributed by atoms with Crippen LogP contribution in [0.2, 0.25) is 0 Å². The number of anilines is 2. The highest BCUT2D eigenvalue weighted by molar-refractivity contribution is 6.25. The van der Waals surface area contributed by atoms with E-state index in [1.165, 1.54) is 37.4 Å². The van der Waals surface area contributed by atoms with Gasteiger partial charge in [-0.3, -0.25) is 29.1 Å². The van der Waals surface area contributed by atoms with E-state index in [0.717, 1.165) is 62.7 Å². The van der Waals surface area contributed by atoms with E-state index in [1.54, 1.807) is 30.3 Å². The lowest BCUT2D eigenvalue weighted by Crippen LogP contribution is -2.51. The number of aliphatic imine (C=N–C) groups is 1. The monoisotopic (exact) mass is 1040 g/mol. The number of piperazine rings is 1. The lowest BCUT2D eigenvalue weighted by molar-refractivity contribution is -0.130. The fraction of sp³-hybridized carbons (Fsp3) is 0.483. The number of likely N-dealkylation sites (N-methyl/N-ethyl adjacent to an activating group) is 1. The molecule has 0 aliphatic carbocycles. The van der Waals surface area contributed by atoms with Gasteiger partial charge in [-0.15, -0.1) is 6.42 Å². The van der Waals surface area contributed by atoms with Gasteiger partial charge in [0.15, 0.2) is 5.83 Å². The minimum Gasteiger partial charge on any atom is -0.508 e. The summed E-state index contributed by atoms with van der Waals surface area (Å²) in [5.41, 5.74) is 0.763. The number of carbonyl (C=O) groups excluding carboxylic acids is 5. The Morgan fingerprint density at radius 3 is 2.53 bits per heavy atom. The molecule has 4 aliphatic heterocycles. The Balaban J connectivity index is 0.977. The van der Waals surface area contributed by atoms with Gasteiger partial charge in [0.1, 0.15) is 41.1 Å². The van der Waals surface area contributed by atoms with E-state index in [4.69, 9.17) is 21.1 Å².